The summed E-state index contributed by atoms with van der Waals surface area (Å²) in [5, 5.41) is 2.77. The maximum atomic E-state index is 13.3. The van der Waals surface area contributed by atoms with E-state index in [9.17, 15) is 22.8 Å². The second-order valence-corrected chi connectivity index (χ2v) is 7.66. The van der Waals surface area contributed by atoms with Crippen LogP contribution in [-0.4, -0.2) is 32.0 Å². The number of rotatable bonds is 8. The van der Waals surface area contributed by atoms with Crippen LogP contribution in [0.1, 0.15) is 38.3 Å². The van der Waals surface area contributed by atoms with Crippen LogP contribution in [0.5, 0.6) is 5.75 Å². The van der Waals surface area contributed by atoms with Crippen molar-refractivity contribution in [2.45, 2.75) is 19.5 Å². The summed E-state index contributed by atoms with van der Waals surface area (Å²) in [6.45, 7) is 2.12. The van der Waals surface area contributed by atoms with Gasteiger partial charge in [0.25, 0.3) is 11.8 Å². The molecule has 2 amide bonds. The molecule has 0 spiro atoms. The second-order valence-electron chi connectivity index (χ2n) is 7.66. The van der Waals surface area contributed by atoms with Crippen molar-refractivity contribution in [3.8, 4) is 5.75 Å². The van der Waals surface area contributed by atoms with Gasteiger partial charge in [0.1, 0.15) is 5.75 Å². The van der Waals surface area contributed by atoms with Gasteiger partial charge in [-0.15, -0.1) is 0 Å². The molecule has 0 unspecified atom stereocenters. The first-order valence-corrected chi connectivity index (χ1v) is 10.7. The van der Waals surface area contributed by atoms with E-state index in [1.807, 2.05) is 0 Å². The molecule has 34 heavy (non-hydrogen) atoms. The van der Waals surface area contributed by atoms with Gasteiger partial charge in [-0.2, -0.15) is 13.2 Å². The molecule has 0 fully saturated rings. The third-order valence-corrected chi connectivity index (χ3v) is 5.28. The zero-order valence-electron chi connectivity index (χ0n) is 18.9. The molecule has 0 atom stereocenters. The van der Waals surface area contributed by atoms with Crippen LogP contribution in [0.15, 0.2) is 72.8 Å². The highest BCUT2D eigenvalue weighted by molar-refractivity contribution is 6.07. The summed E-state index contributed by atoms with van der Waals surface area (Å²) in [6.07, 6.45) is -4.19. The summed E-state index contributed by atoms with van der Waals surface area (Å²) in [6, 6.07) is 18.3. The van der Waals surface area contributed by atoms with Gasteiger partial charge >= 0.3 is 6.18 Å². The van der Waals surface area contributed by atoms with Crippen molar-refractivity contribution in [2.24, 2.45) is 0 Å². The lowest BCUT2D eigenvalue weighted by Gasteiger charge is -2.25. The Morgan fingerprint density at radius 2 is 1.71 bits per heavy atom. The molecule has 0 bridgehead atoms. The van der Waals surface area contributed by atoms with Gasteiger partial charge in [-0.1, -0.05) is 30.3 Å². The second kappa shape index (κ2) is 10.9. The van der Waals surface area contributed by atoms with E-state index in [2.05, 4.69) is 5.32 Å². The van der Waals surface area contributed by atoms with Gasteiger partial charge in [-0.05, 0) is 61.4 Å². The Hall–Kier alpha value is -3.81. The maximum Gasteiger partial charge on any atom is 0.416 e. The minimum atomic E-state index is -4.53. The number of amides is 2. The van der Waals surface area contributed by atoms with Gasteiger partial charge in [0.15, 0.2) is 0 Å². The van der Waals surface area contributed by atoms with E-state index >= 15 is 0 Å². The molecule has 0 radical (unpaired) electrons. The van der Waals surface area contributed by atoms with Gasteiger partial charge in [0.2, 0.25) is 0 Å². The predicted molar refractivity (Wildman–Crippen MR) is 124 cm³/mol. The number of nitrogens with one attached hydrogen (secondary N) is 1. The number of alkyl halides is 3. The zero-order valence-corrected chi connectivity index (χ0v) is 18.9. The quantitative estimate of drug-likeness (QED) is 0.443. The van der Waals surface area contributed by atoms with Gasteiger partial charge in [-0.25, -0.2) is 0 Å². The molecule has 0 aliphatic carbocycles. The van der Waals surface area contributed by atoms with Gasteiger partial charge in [-0.3, -0.25) is 9.59 Å². The van der Waals surface area contributed by atoms with Crippen LogP contribution in [0.3, 0.4) is 0 Å². The number of hydrogen-bond acceptors (Lipinski definition) is 3. The zero-order chi connectivity index (χ0) is 24.7. The SMILES string of the molecule is COc1cccc(C(=O)NCCCN(C(=O)c2ccccc2C)c2cccc(C(F)(F)F)c2)c1. The standard InChI is InChI=1S/C26H25F3N2O3/c1-18-8-3-4-13-23(18)25(33)31(21-11-6-10-20(17-21)26(27,28)29)15-7-14-30-24(32)19-9-5-12-22(16-19)34-2/h3-6,8-13,16-17H,7,14-15H2,1-2H3,(H,30,32). The molecule has 1 N–H and O–H groups in total. The first kappa shape index (κ1) is 24.8. The Labute approximate surface area is 196 Å². The van der Waals surface area contributed by atoms with Crippen molar-refractivity contribution in [2.75, 3.05) is 25.1 Å². The number of carbonyl (C=O) groups is 2. The maximum absolute atomic E-state index is 13.3. The fourth-order valence-corrected chi connectivity index (χ4v) is 3.46. The number of ether oxygens (including phenoxy) is 1. The molecule has 0 aliphatic heterocycles. The first-order valence-electron chi connectivity index (χ1n) is 10.7. The minimum Gasteiger partial charge on any atom is -0.497 e. The molecule has 5 nitrogen and oxygen atoms in total. The van der Waals surface area contributed by atoms with Crippen LogP contribution in [0.2, 0.25) is 0 Å². The number of hydrogen-bond donors (Lipinski definition) is 1. The number of benzene rings is 3. The highest BCUT2D eigenvalue weighted by Gasteiger charge is 2.31. The topological polar surface area (TPSA) is 58.6 Å². The third kappa shape index (κ3) is 6.15. The van der Waals surface area contributed by atoms with E-state index in [0.29, 0.717) is 23.3 Å². The Balaban J connectivity index is 1.76. The highest BCUT2D eigenvalue weighted by atomic mass is 19.4. The fraction of sp³-hybridized carbons (Fsp3) is 0.231. The lowest BCUT2D eigenvalue weighted by molar-refractivity contribution is -0.137. The van der Waals surface area contributed by atoms with E-state index in [-0.39, 0.29) is 24.7 Å². The molecule has 0 aliphatic rings. The van der Waals surface area contributed by atoms with Crippen LogP contribution in [-0.2, 0) is 6.18 Å². The van der Waals surface area contributed by atoms with Crippen molar-refractivity contribution in [1.82, 2.24) is 5.32 Å². The van der Waals surface area contributed by atoms with Crippen LogP contribution in [0, 0.1) is 6.92 Å². The number of anilines is 1. The number of halogens is 3. The molecule has 3 aromatic rings. The molecular weight excluding hydrogens is 445 g/mol. The molecular formula is C26H25F3N2O3. The van der Waals surface area contributed by atoms with Crippen LogP contribution >= 0.6 is 0 Å². The van der Waals surface area contributed by atoms with E-state index in [0.717, 1.165) is 17.7 Å². The largest absolute Gasteiger partial charge is 0.497 e. The van der Waals surface area contributed by atoms with Crippen molar-refractivity contribution < 1.29 is 27.5 Å². The normalized spacial score (nSPS) is 11.1. The predicted octanol–water partition coefficient (Wildman–Crippen LogP) is 5.49. The van der Waals surface area contributed by atoms with Crippen molar-refractivity contribution >= 4 is 17.5 Å². The molecule has 0 saturated heterocycles. The van der Waals surface area contributed by atoms with Crippen LogP contribution in [0.4, 0.5) is 18.9 Å². The van der Waals surface area contributed by atoms with Crippen molar-refractivity contribution in [1.29, 1.82) is 0 Å². The Bertz CT molecular complexity index is 1160. The Morgan fingerprint density at radius 1 is 0.971 bits per heavy atom. The molecule has 0 saturated carbocycles. The molecule has 3 rings (SSSR count). The van der Waals surface area contributed by atoms with Crippen molar-refractivity contribution in [3.63, 3.8) is 0 Å². The average molecular weight is 470 g/mol. The smallest absolute Gasteiger partial charge is 0.416 e. The third-order valence-electron chi connectivity index (χ3n) is 5.28. The minimum absolute atomic E-state index is 0.118. The Morgan fingerprint density at radius 3 is 2.41 bits per heavy atom. The van der Waals surface area contributed by atoms with E-state index in [4.69, 9.17) is 4.74 Å². The summed E-state index contributed by atoms with van der Waals surface area (Å²) >= 11 is 0. The lowest BCUT2D eigenvalue weighted by atomic mass is 10.1. The average Bonchev–Trinajstić information content (AvgIpc) is 2.83. The molecule has 0 heterocycles. The van der Waals surface area contributed by atoms with Gasteiger partial charge in [0.05, 0.1) is 12.7 Å². The molecule has 0 aromatic heterocycles. The molecule has 178 valence electrons. The number of nitrogens with zero attached hydrogens (tertiary/aromatic N) is 1. The van der Waals surface area contributed by atoms with E-state index in [1.54, 1.807) is 55.5 Å². The van der Waals surface area contributed by atoms with Gasteiger partial charge < -0.3 is 15.0 Å². The first-order chi connectivity index (χ1) is 16.2. The highest BCUT2D eigenvalue weighted by Crippen LogP contribution is 2.32. The number of aryl methyl sites for hydroxylation is 1. The summed E-state index contributed by atoms with van der Waals surface area (Å²) in [5.41, 5.74) is 0.849. The summed E-state index contributed by atoms with van der Waals surface area (Å²) < 4.78 is 44.9. The van der Waals surface area contributed by atoms with Crippen molar-refractivity contribution in [3.05, 3.63) is 95.1 Å². The van der Waals surface area contributed by atoms with Gasteiger partial charge in [0, 0.05) is 29.9 Å². The summed E-state index contributed by atoms with van der Waals surface area (Å²) in [7, 11) is 1.50. The number of carbonyl (C=O) groups excluding carboxylic acids is 2. The van der Waals surface area contributed by atoms with Crippen LogP contribution in [0.25, 0.3) is 0 Å². The Kier molecular flexibility index (Phi) is 7.94. The lowest BCUT2D eigenvalue weighted by Crippen LogP contribution is -2.35. The monoisotopic (exact) mass is 470 g/mol. The fourth-order valence-electron chi connectivity index (χ4n) is 3.46. The molecule has 3 aromatic carbocycles. The van der Waals surface area contributed by atoms with E-state index < -0.39 is 17.6 Å². The van der Waals surface area contributed by atoms with Crippen LogP contribution < -0.4 is 15.0 Å². The summed E-state index contributed by atoms with van der Waals surface area (Å²) in [4.78, 5) is 27.0. The van der Waals surface area contributed by atoms with E-state index in [1.165, 1.54) is 24.1 Å². The summed E-state index contributed by atoms with van der Waals surface area (Å²) in [5.74, 6) is -0.168. The molecule has 8 heteroatoms. The number of methoxy groups -OCH3 is 1.